The van der Waals surface area contributed by atoms with E-state index in [1.54, 1.807) is 15.9 Å². The molecule has 0 spiro atoms. The molecule has 0 bridgehead atoms. The van der Waals surface area contributed by atoms with Crippen molar-refractivity contribution >= 4 is 29.5 Å². The zero-order valence-corrected chi connectivity index (χ0v) is 14.2. The molecule has 2 aromatic rings. The normalized spacial score (nSPS) is 21.7. The lowest BCUT2D eigenvalue weighted by molar-refractivity contribution is -0.122. The van der Waals surface area contributed by atoms with Gasteiger partial charge in [0.25, 0.3) is 0 Å². The van der Waals surface area contributed by atoms with E-state index in [2.05, 4.69) is 22.4 Å². The first-order valence-electron chi connectivity index (χ1n) is 7.63. The van der Waals surface area contributed by atoms with Gasteiger partial charge in [0.2, 0.25) is 5.91 Å². The summed E-state index contributed by atoms with van der Waals surface area (Å²) >= 11 is 6.85. The van der Waals surface area contributed by atoms with Crippen LogP contribution in [0.2, 0.25) is 0 Å². The van der Waals surface area contributed by atoms with Gasteiger partial charge in [-0.15, -0.1) is 11.3 Å². The third-order valence-electron chi connectivity index (χ3n) is 4.26. The van der Waals surface area contributed by atoms with E-state index < -0.39 is 0 Å². The molecule has 0 radical (unpaired) electrons. The number of hydrogen-bond donors (Lipinski definition) is 2. The fourth-order valence-corrected chi connectivity index (χ4v) is 3.90. The van der Waals surface area contributed by atoms with E-state index in [1.807, 2.05) is 17.5 Å². The Morgan fingerprint density at radius 1 is 1.55 bits per heavy atom. The lowest BCUT2D eigenvalue weighted by Crippen LogP contribution is -2.42. The van der Waals surface area contributed by atoms with Crippen LogP contribution in [0.15, 0.2) is 17.5 Å². The maximum absolute atomic E-state index is 12.4. The molecule has 1 fully saturated rings. The molecule has 0 saturated heterocycles. The third-order valence-corrected chi connectivity index (χ3v) is 5.44. The summed E-state index contributed by atoms with van der Waals surface area (Å²) in [6.07, 6.45) is 4.72. The number of carbonyl (C=O) groups excluding carboxylic acids is 1. The fourth-order valence-electron chi connectivity index (χ4n) is 2.98. The maximum Gasteiger partial charge on any atom is 0.240 e. The average molecular weight is 336 g/mol. The maximum atomic E-state index is 12.4. The van der Waals surface area contributed by atoms with Gasteiger partial charge in [-0.2, -0.15) is 5.10 Å². The molecule has 1 aliphatic carbocycles. The molecule has 22 heavy (non-hydrogen) atoms. The summed E-state index contributed by atoms with van der Waals surface area (Å²) < 4.78 is 2.25. The van der Waals surface area contributed by atoms with E-state index in [0.717, 1.165) is 17.1 Å². The Kier molecular flexibility index (Phi) is 4.73. The Bertz CT molecular complexity index is 689. The minimum absolute atomic E-state index is 0.00839. The zero-order valence-electron chi connectivity index (χ0n) is 12.5. The molecule has 1 amide bonds. The number of nitrogens with zero attached hydrogens (tertiary/aromatic N) is 2. The first kappa shape index (κ1) is 15.4. The van der Waals surface area contributed by atoms with E-state index in [9.17, 15) is 4.79 Å². The van der Waals surface area contributed by atoms with Crippen LogP contribution in [0.4, 0.5) is 0 Å². The molecule has 1 aliphatic rings. The number of aromatic nitrogens is 3. The standard InChI is InChI=1S/C15H20N4OS2/c1-10-5-2-3-6-11(10)16-13(20)9-19-14(17-18-15(19)21)12-7-4-8-22-12/h4,7-8,10-11H,2-3,5-6,9H2,1H3,(H,16,20)(H,18,21)/t10-,11-/m1/s1. The van der Waals surface area contributed by atoms with Crippen molar-refractivity contribution in [2.75, 3.05) is 0 Å². The Hall–Kier alpha value is -1.47. The SMILES string of the molecule is C[C@@H]1CCCC[C@H]1NC(=O)Cn1c(-c2cccs2)n[nH]c1=S. The number of rotatable bonds is 4. The molecule has 1 saturated carbocycles. The van der Waals surface area contributed by atoms with Crippen molar-refractivity contribution in [1.82, 2.24) is 20.1 Å². The molecule has 2 atom stereocenters. The van der Waals surface area contributed by atoms with Gasteiger partial charge in [-0.05, 0) is 42.4 Å². The molecule has 0 aromatic carbocycles. The van der Waals surface area contributed by atoms with Gasteiger partial charge < -0.3 is 5.32 Å². The quantitative estimate of drug-likeness (QED) is 0.842. The highest BCUT2D eigenvalue weighted by Crippen LogP contribution is 2.24. The summed E-state index contributed by atoms with van der Waals surface area (Å²) in [7, 11) is 0. The van der Waals surface area contributed by atoms with Crippen molar-refractivity contribution in [1.29, 1.82) is 0 Å². The Morgan fingerprint density at radius 2 is 2.36 bits per heavy atom. The Balaban J connectivity index is 1.72. The second-order valence-corrected chi connectivity index (χ2v) is 7.19. The summed E-state index contributed by atoms with van der Waals surface area (Å²) in [5.74, 6) is 1.28. The van der Waals surface area contributed by atoms with E-state index in [-0.39, 0.29) is 18.5 Å². The third kappa shape index (κ3) is 3.30. The van der Waals surface area contributed by atoms with Gasteiger partial charge in [-0.3, -0.25) is 14.5 Å². The summed E-state index contributed by atoms with van der Waals surface area (Å²) in [6, 6.07) is 4.23. The van der Waals surface area contributed by atoms with E-state index in [4.69, 9.17) is 12.2 Å². The van der Waals surface area contributed by atoms with Crippen LogP contribution in [0, 0.1) is 10.7 Å². The Morgan fingerprint density at radius 3 is 3.09 bits per heavy atom. The highest BCUT2D eigenvalue weighted by Gasteiger charge is 2.23. The second-order valence-electron chi connectivity index (χ2n) is 5.85. The zero-order chi connectivity index (χ0) is 15.5. The highest BCUT2D eigenvalue weighted by atomic mass is 32.1. The minimum atomic E-state index is 0.00839. The van der Waals surface area contributed by atoms with E-state index in [1.165, 1.54) is 19.3 Å². The van der Waals surface area contributed by atoms with Gasteiger partial charge in [-0.25, -0.2) is 0 Å². The van der Waals surface area contributed by atoms with Crippen LogP contribution >= 0.6 is 23.6 Å². The summed E-state index contributed by atoms with van der Waals surface area (Å²) in [4.78, 5) is 13.4. The van der Waals surface area contributed by atoms with Gasteiger partial charge in [0.05, 0.1) is 4.88 Å². The van der Waals surface area contributed by atoms with Crippen LogP contribution in [0.5, 0.6) is 0 Å². The summed E-state index contributed by atoms with van der Waals surface area (Å²) in [6.45, 7) is 2.43. The first-order valence-corrected chi connectivity index (χ1v) is 8.92. The summed E-state index contributed by atoms with van der Waals surface area (Å²) in [5, 5.41) is 12.2. The molecular formula is C15H20N4OS2. The number of carbonyl (C=O) groups is 1. The van der Waals surface area contributed by atoms with Crippen molar-refractivity contribution in [2.45, 2.75) is 45.2 Å². The molecule has 0 aliphatic heterocycles. The number of hydrogen-bond acceptors (Lipinski definition) is 4. The lowest BCUT2D eigenvalue weighted by atomic mass is 9.86. The van der Waals surface area contributed by atoms with E-state index in [0.29, 0.717) is 10.7 Å². The van der Waals surface area contributed by atoms with Crippen LogP contribution in [0.1, 0.15) is 32.6 Å². The van der Waals surface area contributed by atoms with Gasteiger partial charge in [-0.1, -0.05) is 25.8 Å². The average Bonchev–Trinajstić information content (AvgIpc) is 3.12. The minimum Gasteiger partial charge on any atom is -0.352 e. The van der Waals surface area contributed by atoms with Gasteiger partial charge in [0, 0.05) is 6.04 Å². The van der Waals surface area contributed by atoms with E-state index >= 15 is 0 Å². The van der Waals surface area contributed by atoms with Crippen molar-refractivity contribution < 1.29 is 4.79 Å². The predicted octanol–water partition coefficient (Wildman–Crippen LogP) is 3.36. The summed E-state index contributed by atoms with van der Waals surface area (Å²) in [5.41, 5.74) is 0. The van der Waals surface area contributed by atoms with Crippen molar-refractivity contribution in [3.05, 3.63) is 22.3 Å². The predicted molar refractivity (Wildman–Crippen MR) is 90.3 cm³/mol. The number of H-pyrrole nitrogens is 1. The largest absolute Gasteiger partial charge is 0.352 e. The molecule has 5 nitrogen and oxygen atoms in total. The molecule has 118 valence electrons. The molecule has 2 N–H and O–H groups in total. The second kappa shape index (κ2) is 6.75. The highest BCUT2D eigenvalue weighted by molar-refractivity contribution is 7.71. The van der Waals surface area contributed by atoms with Crippen LogP contribution < -0.4 is 5.32 Å². The smallest absolute Gasteiger partial charge is 0.240 e. The molecule has 7 heteroatoms. The van der Waals surface area contributed by atoms with Crippen LogP contribution in [0.3, 0.4) is 0 Å². The Labute approximate surface area is 138 Å². The molecule has 2 heterocycles. The number of amides is 1. The van der Waals surface area contributed by atoms with Gasteiger partial charge in [0.15, 0.2) is 10.6 Å². The molecular weight excluding hydrogens is 316 g/mol. The molecule has 3 rings (SSSR count). The number of aromatic amines is 1. The fraction of sp³-hybridized carbons (Fsp3) is 0.533. The van der Waals surface area contributed by atoms with Crippen LogP contribution in [-0.2, 0) is 11.3 Å². The van der Waals surface area contributed by atoms with Crippen molar-refractivity contribution in [3.63, 3.8) is 0 Å². The molecule has 0 unspecified atom stereocenters. The van der Waals surface area contributed by atoms with Gasteiger partial charge in [0.1, 0.15) is 6.54 Å². The topological polar surface area (TPSA) is 62.7 Å². The van der Waals surface area contributed by atoms with Crippen LogP contribution in [-0.4, -0.2) is 26.7 Å². The van der Waals surface area contributed by atoms with Crippen LogP contribution in [0.25, 0.3) is 10.7 Å². The first-order chi connectivity index (χ1) is 10.6. The number of nitrogens with one attached hydrogen (secondary N) is 2. The molecule has 2 aromatic heterocycles. The van der Waals surface area contributed by atoms with Gasteiger partial charge >= 0.3 is 0 Å². The van der Waals surface area contributed by atoms with Crippen molar-refractivity contribution in [2.24, 2.45) is 5.92 Å². The number of thiophene rings is 1. The van der Waals surface area contributed by atoms with Crippen molar-refractivity contribution in [3.8, 4) is 10.7 Å². The monoisotopic (exact) mass is 336 g/mol. The lowest BCUT2D eigenvalue weighted by Gasteiger charge is -2.29.